The normalized spacial score (nSPS) is 14.7. The third-order valence-corrected chi connectivity index (χ3v) is 4.65. The van der Waals surface area contributed by atoms with E-state index in [9.17, 15) is 4.79 Å². The van der Waals surface area contributed by atoms with Crippen LogP contribution in [0.1, 0.15) is 74.7 Å². The second-order valence-corrected chi connectivity index (χ2v) is 9.35. The van der Waals surface area contributed by atoms with Gasteiger partial charge in [0.2, 0.25) is 0 Å². The Morgan fingerprint density at radius 2 is 1.54 bits per heavy atom. The van der Waals surface area contributed by atoms with Crippen molar-refractivity contribution in [1.82, 2.24) is 5.32 Å². The van der Waals surface area contributed by atoms with Gasteiger partial charge in [-0.2, -0.15) is 0 Å². The minimum Gasteiger partial charge on any atom is -0.465 e. The molecular formula is C21H39NO2. The minimum atomic E-state index is -0.488. The van der Waals surface area contributed by atoms with Crippen LogP contribution in [0, 0.1) is 16.2 Å². The zero-order valence-corrected chi connectivity index (χ0v) is 17.3. The van der Waals surface area contributed by atoms with Gasteiger partial charge in [0.1, 0.15) is 0 Å². The average Bonchev–Trinajstić information content (AvgIpc) is 2.38. The summed E-state index contributed by atoms with van der Waals surface area (Å²) in [5.41, 5.74) is 1.27. The molecule has 3 nitrogen and oxygen atoms in total. The number of hydrogen-bond donors (Lipinski definition) is 1. The van der Waals surface area contributed by atoms with E-state index in [-0.39, 0.29) is 16.8 Å². The van der Waals surface area contributed by atoms with Crippen LogP contribution in [0.2, 0.25) is 0 Å². The molecule has 0 saturated heterocycles. The van der Waals surface area contributed by atoms with Crippen LogP contribution >= 0.6 is 0 Å². The molecule has 0 aliphatic carbocycles. The Hall–Kier alpha value is -1.25. The van der Waals surface area contributed by atoms with Crippen LogP contribution in [0.15, 0.2) is 24.4 Å². The number of carbonyl (C=O) groups excluding carboxylic acids is 1. The molecule has 0 radical (unpaired) electrons. The molecule has 0 aromatic rings. The summed E-state index contributed by atoms with van der Waals surface area (Å²) in [6, 6.07) is 0. The number of esters is 1. The third-order valence-electron chi connectivity index (χ3n) is 4.65. The summed E-state index contributed by atoms with van der Waals surface area (Å²) in [7, 11) is 0. The van der Waals surface area contributed by atoms with E-state index in [0.717, 1.165) is 37.1 Å². The van der Waals surface area contributed by atoms with Crippen molar-refractivity contribution in [3.8, 4) is 0 Å². The predicted octanol–water partition coefficient (Wildman–Crippen LogP) is 5.48. The SMILES string of the molecule is C=C(C)C(=C)NCCCCOC(=O)C(C)(CC(C)(C)C)C(C)(C)C. The summed E-state index contributed by atoms with van der Waals surface area (Å²) < 4.78 is 5.63. The first-order valence-corrected chi connectivity index (χ1v) is 8.96. The fourth-order valence-corrected chi connectivity index (χ4v) is 2.65. The predicted molar refractivity (Wildman–Crippen MR) is 104 cm³/mol. The summed E-state index contributed by atoms with van der Waals surface area (Å²) in [6.45, 7) is 25.9. The molecular weight excluding hydrogens is 298 g/mol. The lowest BCUT2D eigenvalue weighted by Gasteiger charge is -2.43. The maximum atomic E-state index is 12.8. The molecule has 0 aromatic carbocycles. The Labute approximate surface area is 149 Å². The van der Waals surface area contributed by atoms with Gasteiger partial charge in [0.15, 0.2) is 0 Å². The van der Waals surface area contributed by atoms with Crippen LogP contribution in [-0.4, -0.2) is 19.1 Å². The van der Waals surface area contributed by atoms with Crippen molar-refractivity contribution in [2.45, 2.75) is 74.7 Å². The van der Waals surface area contributed by atoms with Crippen molar-refractivity contribution >= 4 is 5.97 Å². The quantitative estimate of drug-likeness (QED) is 0.344. The van der Waals surface area contributed by atoms with Crippen molar-refractivity contribution in [2.24, 2.45) is 16.2 Å². The van der Waals surface area contributed by atoms with Crippen molar-refractivity contribution in [1.29, 1.82) is 0 Å². The number of unbranched alkanes of at least 4 members (excludes halogenated alkanes) is 1. The Balaban J connectivity index is 4.45. The lowest BCUT2D eigenvalue weighted by molar-refractivity contribution is -0.164. The van der Waals surface area contributed by atoms with Crippen LogP contribution < -0.4 is 5.32 Å². The van der Waals surface area contributed by atoms with E-state index in [1.807, 2.05) is 13.8 Å². The number of ether oxygens (including phenoxy) is 1. The second kappa shape index (κ2) is 8.73. The smallest absolute Gasteiger partial charge is 0.312 e. The molecule has 0 saturated carbocycles. The third kappa shape index (κ3) is 7.55. The molecule has 0 rings (SSSR count). The molecule has 0 bridgehead atoms. The first kappa shape index (κ1) is 22.8. The summed E-state index contributed by atoms with van der Waals surface area (Å²) in [5, 5.41) is 3.22. The summed E-state index contributed by atoms with van der Waals surface area (Å²) in [6.07, 6.45) is 2.59. The number of allylic oxidation sites excluding steroid dienone is 1. The molecule has 0 aliphatic heterocycles. The molecule has 1 N–H and O–H groups in total. The molecule has 140 valence electrons. The van der Waals surface area contributed by atoms with Gasteiger partial charge < -0.3 is 10.1 Å². The largest absolute Gasteiger partial charge is 0.465 e. The van der Waals surface area contributed by atoms with E-state index in [4.69, 9.17) is 4.74 Å². The monoisotopic (exact) mass is 337 g/mol. The zero-order valence-electron chi connectivity index (χ0n) is 17.3. The van der Waals surface area contributed by atoms with Crippen LogP contribution in [0.3, 0.4) is 0 Å². The summed E-state index contributed by atoms with van der Waals surface area (Å²) >= 11 is 0. The van der Waals surface area contributed by atoms with Crippen molar-refractivity contribution in [3.63, 3.8) is 0 Å². The highest BCUT2D eigenvalue weighted by molar-refractivity contribution is 5.77. The molecule has 0 aliphatic rings. The number of rotatable bonds is 9. The zero-order chi connectivity index (χ0) is 19.2. The van der Waals surface area contributed by atoms with E-state index in [1.54, 1.807) is 0 Å². The van der Waals surface area contributed by atoms with Gasteiger partial charge >= 0.3 is 5.97 Å². The maximum absolute atomic E-state index is 12.8. The van der Waals surface area contributed by atoms with Crippen LogP contribution in [0.4, 0.5) is 0 Å². The molecule has 24 heavy (non-hydrogen) atoms. The van der Waals surface area contributed by atoms with Gasteiger partial charge in [0.05, 0.1) is 12.0 Å². The Kier molecular flexibility index (Phi) is 8.28. The van der Waals surface area contributed by atoms with E-state index >= 15 is 0 Å². The molecule has 0 fully saturated rings. The lowest BCUT2D eigenvalue weighted by atomic mass is 9.61. The fourth-order valence-electron chi connectivity index (χ4n) is 2.65. The highest BCUT2D eigenvalue weighted by Gasteiger charge is 2.47. The maximum Gasteiger partial charge on any atom is 0.312 e. The van der Waals surface area contributed by atoms with Gasteiger partial charge in [0, 0.05) is 12.2 Å². The van der Waals surface area contributed by atoms with Crippen LogP contribution in [0.25, 0.3) is 0 Å². The Morgan fingerprint density at radius 3 is 1.96 bits per heavy atom. The van der Waals surface area contributed by atoms with Crippen LogP contribution in [0.5, 0.6) is 0 Å². The molecule has 0 heterocycles. The molecule has 0 aromatic heterocycles. The Morgan fingerprint density at radius 1 is 1.00 bits per heavy atom. The Bertz CT molecular complexity index is 451. The molecule has 1 atom stereocenters. The van der Waals surface area contributed by atoms with E-state index in [0.29, 0.717) is 6.61 Å². The number of carbonyl (C=O) groups is 1. The van der Waals surface area contributed by atoms with Crippen molar-refractivity contribution in [2.75, 3.05) is 13.2 Å². The highest BCUT2D eigenvalue weighted by Crippen LogP contribution is 2.47. The highest BCUT2D eigenvalue weighted by atomic mass is 16.5. The van der Waals surface area contributed by atoms with Gasteiger partial charge in [0.25, 0.3) is 0 Å². The minimum absolute atomic E-state index is 0.0773. The molecule has 3 heteroatoms. The summed E-state index contributed by atoms with van der Waals surface area (Å²) in [5.74, 6) is -0.0794. The number of hydrogen-bond acceptors (Lipinski definition) is 3. The van der Waals surface area contributed by atoms with E-state index in [1.165, 1.54) is 0 Å². The average molecular weight is 338 g/mol. The fraction of sp³-hybridized carbons (Fsp3) is 0.762. The first-order valence-electron chi connectivity index (χ1n) is 8.96. The van der Waals surface area contributed by atoms with Gasteiger partial charge in [-0.05, 0) is 49.5 Å². The van der Waals surface area contributed by atoms with E-state index < -0.39 is 5.41 Å². The molecule has 0 spiro atoms. The summed E-state index contributed by atoms with van der Waals surface area (Å²) in [4.78, 5) is 12.8. The van der Waals surface area contributed by atoms with Gasteiger partial charge in [-0.3, -0.25) is 4.79 Å². The van der Waals surface area contributed by atoms with Crippen molar-refractivity contribution in [3.05, 3.63) is 24.4 Å². The van der Waals surface area contributed by atoms with Gasteiger partial charge in [-0.25, -0.2) is 0 Å². The van der Waals surface area contributed by atoms with Crippen LogP contribution in [-0.2, 0) is 9.53 Å². The topological polar surface area (TPSA) is 38.3 Å². The molecule has 1 unspecified atom stereocenters. The molecule has 0 amide bonds. The van der Waals surface area contributed by atoms with E-state index in [2.05, 4.69) is 60.0 Å². The van der Waals surface area contributed by atoms with Gasteiger partial charge in [-0.15, -0.1) is 0 Å². The van der Waals surface area contributed by atoms with Gasteiger partial charge in [-0.1, -0.05) is 54.7 Å². The first-order chi connectivity index (χ1) is 10.7. The second-order valence-electron chi connectivity index (χ2n) is 9.35. The number of nitrogens with one attached hydrogen (secondary N) is 1. The van der Waals surface area contributed by atoms with Crippen molar-refractivity contribution < 1.29 is 9.53 Å². The lowest BCUT2D eigenvalue weighted by Crippen LogP contribution is -2.44. The standard InChI is InChI=1S/C21H39NO2/c1-16(2)17(3)22-13-11-12-14-24-18(23)21(10,20(7,8)9)15-19(4,5)6/h22H,1,3,11-15H2,2,4-10H3.